The van der Waals surface area contributed by atoms with Crippen molar-refractivity contribution in [2.75, 3.05) is 5.43 Å². The second kappa shape index (κ2) is 4.63. The zero-order chi connectivity index (χ0) is 11.5. The number of hydrogen-bond acceptors (Lipinski definition) is 6. The molecule has 6 heteroatoms. The van der Waals surface area contributed by atoms with Gasteiger partial charge in [0.05, 0.1) is 11.5 Å². The maximum absolute atomic E-state index is 5.74. The van der Waals surface area contributed by atoms with E-state index in [1.54, 1.807) is 0 Å². The first-order valence-corrected chi connectivity index (χ1v) is 6.01. The van der Waals surface area contributed by atoms with Gasteiger partial charge >= 0.3 is 0 Å². The molecule has 0 saturated carbocycles. The lowest BCUT2D eigenvalue weighted by Crippen LogP contribution is -2.14. The van der Waals surface area contributed by atoms with Gasteiger partial charge in [0.2, 0.25) is 11.8 Å². The van der Waals surface area contributed by atoms with Gasteiger partial charge < -0.3 is 4.74 Å². The molecule has 1 unspecified atom stereocenters. The Kier molecular flexibility index (Phi) is 3.21. The van der Waals surface area contributed by atoms with Crippen molar-refractivity contribution in [3.05, 3.63) is 11.4 Å². The zero-order valence-corrected chi connectivity index (χ0v) is 10.0. The van der Waals surface area contributed by atoms with E-state index in [0.29, 0.717) is 11.8 Å². The van der Waals surface area contributed by atoms with Crippen LogP contribution in [0.3, 0.4) is 0 Å². The number of thiophene rings is 1. The van der Waals surface area contributed by atoms with Crippen LogP contribution in [0.4, 0.5) is 5.95 Å². The van der Waals surface area contributed by atoms with E-state index in [-0.39, 0.29) is 6.10 Å². The third kappa shape index (κ3) is 2.07. The summed E-state index contributed by atoms with van der Waals surface area (Å²) in [6.45, 7) is 4.08. The predicted molar refractivity (Wildman–Crippen MR) is 65.6 cm³/mol. The minimum atomic E-state index is 0.128. The van der Waals surface area contributed by atoms with Crippen molar-refractivity contribution in [1.82, 2.24) is 9.97 Å². The number of rotatable bonds is 4. The van der Waals surface area contributed by atoms with Gasteiger partial charge in [-0.1, -0.05) is 6.92 Å². The number of nitrogens with one attached hydrogen (secondary N) is 1. The van der Waals surface area contributed by atoms with Crippen molar-refractivity contribution in [2.45, 2.75) is 26.4 Å². The summed E-state index contributed by atoms with van der Waals surface area (Å²) in [4.78, 5) is 9.33. The molecule has 86 valence electrons. The Hall–Kier alpha value is -1.40. The number of nitrogens with two attached hydrogens (primary N) is 1. The normalized spacial score (nSPS) is 12.7. The van der Waals surface area contributed by atoms with Crippen molar-refractivity contribution in [1.29, 1.82) is 0 Å². The van der Waals surface area contributed by atoms with Gasteiger partial charge in [0.25, 0.3) is 0 Å². The SMILES string of the molecule is CCC(C)Oc1nc(NN)nc2sccc12. The molecule has 0 amide bonds. The lowest BCUT2D eigenvalue weighted by Gasteiger charge is -2.12. The van der Waals surface area contributed by atoms with Crippen LogP contribution in [0.2, 0.25) is 0 Å². The van der Waals surface area contributed by atoms with Gasteiger partial charge in [-0.15, -0.1) is 11.3 Å². The molecule has 0 aromatic carbocycles. The molecule has 0 saturated heterocycles. The Morgan fingerprint density at radius 3 is 3.06 bits per heavy atom. The van der Waals surface area contributed by atoms with Gasteiger partial charge in [0, 0.05) is 0 Å². The van der Waals surface area contributed by atoms with Crippen LogP contribution in [-0.4, -0.2) is 16.1 Å². The summed E-state index contributed by atoms with van der Waals surface area (Å²) in [6.07, 6.45) is 1.06. The smallest absolute Gasteiger partial charge is 0.241 e. The van der Waals surface area contributed by atoms with Crippen LogP contribution in [-0.2, 0) is 0 Å². The molecule has 2 aromatic heterocycles. The fourth-order valence-corrected chi connectivity index (χ4v) is 2.01. The molecule has 5 nitrogen and oxygen atoms in total. The molecule has 0 aliphatic carbocycles. The van der Waals surface area contributed by atoms with Crippen molar-refractivity contribution >= 4 is 27.5 Å². The van der Waals surface area contributed by atoms with Crippen molar-refractivity contribution < 1.29 is 4.74 Å². The van der Waals surface area contributed by atoms with Gasteiger partial charge in [-0.2, -0.15) is 4.98 Å². The first-order chi connectivity index (χ1) is 7.74. The van der Waals surface area contributed by atoms with E-state index in [0.717, 1.165) is 16.6 Å². The fraction of sp³-hybridized carbons (Fsp3) is 0.400. The second-order valence-corrected chi connectivity index (χ2v) is 4.37. The van der Waals surface area contributed by atoms with E-state index < -0.39 is 0 Å². The number of hydrogen-bond donors (Lipinski definition) is 2. The fourth-order valence-electron chi connectivity index (χ4n) is 1.26. The molecular formula is C10H14N4OS. The molecule has 2 aromatic rings. The molecule has 0 radical (unpaired) electrons. The third-order valence-corrected chi connectivity index (χ3v) is 3.11. The van der Waals surface area contributed by atoms with E-state index in [4.69, 9.17) is 10.6 Å². The van der Waals surface area contributed by atoms with Crippen LogP contribution in [0.1, 0.15) is 20.3 Å². The maximum Gasteiger partial charge on any atom is 0.241 e. The van der Waals surface area contributed by atoms with E-state index in [1.807, 2.05) is 18.4 Å². The molecular weight excluding hydrogens is 224 g/mol. The van der Waals surface area contributed by atoms with Crippen LogP contribution < -0.4 is 16.0 Å². The van der Waals surface area contributed by atoms with Gasteiger partial charge in [-0.05, 0) is 24.8 Å². The van der Waals surface area contributed by atoms with Crippen molar-refractivity contribution in [2.24, 2.45) is 5.84 Å². The first-order valence-electron chi connectivity index (χ1n) is 5.13. The van der Waals surface area contributed by atoms with Crippen LogP contribution in [0.25, 0.3) is 10.2 Å². The van der Waals surface area contributed by atoms with Gasteiger partial charge in [0.15, 0.2) is 0 Å². The standard InChI is InChI=1S/C10H14N4OS/c1-3-6(2)15-8-7-4-5-16-9(7)13-10(12-8)14-11/h4-6H,3,11H2,1-2H3,(H,12,13,14). The van der Waals surface area contributed by atoms with Crippen LogP contribution in [0.5, 0.6) is 5.88 Å². The lowest BCUT2D eigenvalue weighted by molar-refractivity contribution is 0.212. The monoisotopic (exact) mass is 238 g/mol. The highest BCUT2D eigenvalue weighted by Gasteiger charge is 2.11. The Labute approximate surface area is 97.6 Å². The molecule has 2 rings (SSSR count). The Bertz CT molecular complexity index is 485. The molecule has 16 heavy (non-hydrogen) atoms. The van der Waals surface area contributed by atoms with Gasteiger partial charge in [-0.25, -0.2) is 10.8 Å². The highest BCUT2D eigenvalue weighted by molar-refractivity contribution is 7.16. The molecule has 0 bridgehead atoms. The quantitative estimate of drug-likeness (QED) is 0.630. The van der Waals surface area contributed by atoms with Crippen molar-refractivity contribution in [3.8, 4) is 5.88 Å². The molecule has 0 spiro atoms. The number of anilines is 1. The Morgan fingerprint density at radius 1 is 1.56 bits per heavy atom. The molecule has 2 heterocycles. The minimum absolute atomic E-state index is 0.128. The number of aromatic nitrogens is 2. The average Bonchev–Trinajstić information content (AvgIpc) is 2.76. The van der Waals surface area contributed by atoms with E-state index in [2.05, 4.69) is 22.3 Å². The molecule has 3 N–H and O–H groups in total. The number of nitrogen functional groups attached to an aromatic ring is 1. The highest BCUT2D eigenvalue weighted by atomic mass is 32.1. The second-order valence-electron chi connectivity index (χ2n) is 3.47. The molecule has 0 aliphatic heterocycles. The Morgan fingerprint density at radius 2 is 2.38 bits per heavy atom. The zero-order valence-electron chi connectivity index (χ0n) is 9.23. The summed E-state index contributed by atoms with van der Waals surface area (Å²) in [5.41, 5.74) is 2.44. The summed E-state index contributed by atoms with van der Waals surface area (Å²) in [7, 11) is 0. The molecule has 1 atom stereocenters. The summed E-state index contributed by atoms with van der Waals surface area (Å²) >= 11 is 1.54. The van der Waals surface area contributed by atoms with Gasteiger partial charge in [-0.3, -0.25) is 5.43 Å². The first kappa shape index (κ1) is 11.1. The minimum Gasteiger partial charge on any atom is -0.474 e. The van der Waals surface area contributed by atoms with Gasteiger partial charge in [0.1, 0.15) is 4.83 Å². The number of ether oxygens (including phenoxy) is 1. The van der Waals surface area contributed by atoms with E-state index in [9.17, 15) is 0 Å². The van der Waals surface area contributed by atoms with Crippen LogP contribution in [0.15, 0.2) is 11.4 Å². The Balaban J connectivity index is 2.44. The number of nitrogens with zero attached hydrogens (tertiary/aromatic N) is 2. The van der Waals surface area contributed by atoms with Crippen molar-refractivity contribution in [3.63, 3.8) is 0 Å². The summed E-state index contributed by atoms with van der Waals surface area (Å²) in [6, 6.07) is 1.96. The highest BCUT2D eigenvalue weighted by Crippen LogP contribution is 2.28. The summed E-state index contributed by atoms with van der Waals surface area (Å²) < 4.78 is 5.74. The summed E-state index contributed by atoms with van der Waals surface area (Å²) in [5.74, 6) is 6.29. The largest absolute Gasteiger partial charge is 0.474 e. The third-order valence-electron chi connectivity index (χ3n) is 2.31. The molecule has 0 fully saturated rings. The van der Waals surface area contributed by atoms with Crippen LogP contribution in [0, 0.1) is 0 Å². The maximum atomic E-state index is 5.74. The predicted octanol–water partition coefficient (Wildman–Crippen LogP) is 2.15. The number of hydrazine groups is 1. The van der Waals surface area contributed by atoms with Crippen LogP contribution >= 0.6 is 11.3 Å². The topological polar surface area (TPSA) is 73.1 Å². The van der Waals surface area contributed by atoms with E-state index in [1.165, 1.54) is 11.3 Å². The lowest BCUT2D eigenvalue weighted by atomic mass is 10.3. The average molecular weight is 238 g/mol. The summed E-state index contributed by atoms with van der Waals surface area (Å²) in [5, 5.41) is 2.90. The molecule has 0 aliphatic rings. The van der Waals surface area contributed by atoms with E-state index >= 15 is 0 Å². The number of fused-ring (bicyclic) bond motifs is 1.